The van der Waals surface area contributed by atoms with Crippen LogP contribution < -0.4 is 0 Å². The number of hydrogen-bond donors (Lipinski definition) is 0. The van der Waals surface area contributed by atoms with Gasteiger partial charge in [0, 0.05) is 32.0 Å². The van der Waals surface area contributed by atoms with Gasteiger partial charge in [0.25, 0.3) is 0 Å². The summed E-state index contributed by atoms with van der Waals surface area (Å²) in [4.78, 5) is 21.7. The van der Waals surface area contributed by atoms with Crippen molar-refractivity contribution >= 4 is 5.91 Å². The molecule has 0 spiro atoms. The molecule has 1 aromatic carbocycles. The van der Waals surface area contributed by atoms with Gasteiger partial charge in [0.05, 0.1) is 0 Å². The third kappa shape index (κ3) is 4.59. The second-order valence-corrected chi connectivity index (χ2v) is 7.95. The monoisotopic (exact) mass is 368 g/mol. The van der Waals surface area contributed by atoms with Gasteiger partial charge < -0.3 is 9.47 Å². The second-order valence-electron chi connectivity index (χ2n) is 7.95. The zero-order valence-electron chi connectivity index (χ0n) is 17.1. The summed E-state index contributed by atoms with van der Waals surface area (Å²) in [6.07, 6.45) is 7.26. The van der Waals surface area contributed by atoms with Crippen molar-refractivity contribution in [3.05, 3.63) is 53.6 Å². The Morgan fingerprint density at radius 1 is 1.22 bits per heavy atom. The van der Waals surface area contributed by atoms with Crippen LogP contribution in [-0.4, -0.2) is 52.4 Å². The summed E-state index contributed by atoms with van der Waals surface area (Å²) in [5, 5.41) is 0. The molecular weight excluding hydrogens is 336 g/mol. The molecule has 1 aliphatic heterocycles. The number of imidazole rings is 1. The summed E-state index contributed by atoms with van der Waals surface area (Å²) >= 11 is 0. The molecule has 27 heavy (non-hydrogen) atoms. The van der Waals surface area contributed by atoms with Gasteiger partial charge in [-0.15, -0.1) is 0 Å². The maximum Gasteiger partial charge on any atom is 0.244 e. The van der Waals surface area contributed by atoms with Gasteiger partial charge >= 0.3 is 0 Å². The van der Waals surface area contributed by atoms with Gasteiger partial charge in [0.15, 0.2) is 0 Å². The van der Waals surface area contributed by atoms with Crippen LogP contribution in [0.15, 0.2) is 36.7 Å². The van der Waals surface area contributed by atoms with E-state index in [-0.39, 0.29) is 11.9 Å². The third-order valence-electron chi connectivity index (χ3n) is 5.86. The lowest BCUT2D eigenvalue weighted by Gasteiger charge is -2.36. The largest absolute Gasteiger partial charge is 0.341 e. The Morgan fingerprint density at radius 3 is 2.52 bits per heavy atom. The van der Waals surface area contributed by atoms with Crippen molar-refractivity contribution in [3.8, 4) is 0 Å². The van der Waals surface area contributed by atoms with Gasteiger partial charge in [-0.2, -0.15) is 0 Å². The zero-order valence-corrected chi connectivity index (χ0v) is 17.1. The van der Waals surface area contributed by atoms with Gasteiger partial charge in [-0.25, -0.2) is 4.98 Å². The van der Waals surface area contributed by atoms with Gasteiger partial charge in [0.1, 0.15) is 11.9 Å². The molecule has 3 rings (SSSR count). The predicted octanol–water partition coefficient (Wildman–Crippen LogP) is 3.43. The summed E-state index contributed by atoms with van der Waals surface area (Å²) in [7, 11) is 3.99. The van der Waals surface area contributed by atoms with Gasteiger partial charge in [-0.3, -0.25) is 9.69 Å². The van der Waals surface area contributed by atoms with Gasteiger partial charge in [0.2, 0.25) is 5.91 Å². The molecule has 2 heterocycles. The fourth-order valence-corrected chi connectivity index (χ4v) is 4.10. The number of piperidine rings is 1. The van der Waals surface area contributed by atoms with E-state index in [4.69, 9.17) is 0 Å². The molecule has 0 radical (unpaired) electrons. The number of amides is 1. The fraction of sp³-hybridized carbons (Fsp3) is 0.545. The van der Waals surface area contributed by atoms with E-state index in [0.717, 1.165) is 50.3 Å². The lowest BCUT2D eigenvalue weighted by Crippen LogP contribution is -2.44. The molecular formula is C22H32N4O. The first kappa shape index (κ1) is 19.6. The number of benzene rings is 1. The van der Waals surface area contributed by atoms with Crippen molar-refractivity contribution in [3.63, 3.8) is 0 Å². The lowest BCUT2D eigenvalue weighted by atomic mass is 9.92. The van der Waals surface area contributed by atoms with Crippen molar-refractivity contribution in [2.75, 3.05) is 27.2 Å². The normalized spacial score (nSPS) is 16.7. The maximum absolute atomic E-state index is 13.3. The van der Waals surface area contributed by atoms with E-state index in [0.29, 0.717) is 5.92 Å². The van der Waals surface area contributed by atoms with Gasteiger partial charge in [-0.1, -0.05) is 24.3 Å². The minimum Gasteiger partial charge on any atom is -0.341 e. The van der Waals surface area contributed by atoms with Crippen molar-refractivity contribution < 1.29 is 4.79 Å². The molecule has 1 saturated heterocycles. The van der Waals surface area contributed by atoms with Crippen LogP contribution in [0.2, 0.25) is 0 Å². The highest BCUT2D eigenvalue weighted by atomic mass is 16.2. The molecule has 1 aliphatic rings. The Morgan fingerprint density at radius 2 is 1.93 bits per heavy atom. The Labute approximate surface area is 163 Å². The molecule has 0 N–H and O–H groups in total. The van der Waals surface area contributed by atoms with E-state index >= 15 is 0 Å². The Hall–Kier alpha value is -2.14. The average Bonchev–Trinajstić information content (AvgIpc) is 3.07. The molecule has 1 aromatic heterocycles. The summed E-state index contributed by atoms with van der Waals surface area (Å²) in [6.45, 7) is 6.89. The van der Waals surface area contributed by atoms with Crippen molar-refractivity contribution in [2.24, 2.45) is 5.92 Å². The van der Waals surface area contributed by atoms with Crippen LogP contribution in [0, 0.1) is 19.8 Å². The smallest absolute Gasteiger partial charge is 0.244 e. The number of carbonyl (C=O) groups excluding carboxylic acids is 1. The Bertz CT molecular complexity index is 759. The first-order chi connectivity index (χ1) is 13.0. The topological polar surface area (TPSA) is 41.4 Å². The van der Waals surface area contributed by atoms with Crippen LogP contribution in [0.25, 0.3) is 0 Å². The van der Waals surface area contributed by atoms with E-state index in [2.05, 4.69) is 39.7 Å². The molecule has 1 atom stereocenters. The minimum atomic E-state index is -0.198. The van der Waals surface area contributed by atoms with Gasteiger partial charge in [-0.05, 0) is 64.3 Å². The highest BCUT2D eigenvalue weighted by molar-refractivity contribution is 5.83. The van der Waals surface area contributed by atoms with Crippen LogP contribution in [0.3, 0.4) is 0 Å². The highest BCUT2D eigenvalue weighted by Gasteiger charge is 2.31. The number of nitrogens with zero attached hydrogens (tertiary/aromatic N) is 4. The molecule has 1 amide bonds. The minimum absolute atomic E-state index is 0.198. The number of rotatable bonds is 6. The number of aryl methyl sites for hydroxylation is 3. The van der Waals surface area contributed by atoms with Crippen LogP contribution >= 0.6 is 0 Å². The van der Waals surface area contributed by atoms with E-state index in [9.17, 15) is 4.79 Å². The van der Waals surface area contributed by atoms with Crippen molar-refractivity contribution in [2.45, 2.75) is 45.7 Å². The summed E-state index contributed by atoms with van der Waals surface area (Å²) in [5.41, 5.74) is 2.29. The number of carbonyl (C=O) groups is 1. The van der Waals surface area contributed by atoms with Crippen molar-refractivity contribution in [1.82, 2.24) is 19.4 Å². The molecule has 5 nitrogen and oxygen atoms in total. The molecule has 5 heteroatoms. The molecule has 2 aromatic rings. The standard InChI is InChI=1S/C22H32N4O/c1-17-7-5-6-8-20(17)21(24(3)4)22(27)26-14-10-19(11-15-26)9-13-25-16-12-23-18(25)2/h5-8,12,16,19,21H,9-11,13-15H2,1-4H3. The summed E-state index contributed by atoms with van der Waals surface area (Å²) in [6, 6.07) is 8.03. The average molecular weight is 369 g/mol. The predicted molar refractivity (Wildman–Crippen MR) is 108 cm³/mol. The molecule has 1 unspecified atom stereocenters. The van der Waals surface area contributed by atoms with E-state index in [1.165, 1.54) is 5.56 Å². The number of likely N-dealkylation sites (tertiary alicyclic amines) is 1. The quantitative estimate of drug-likeness (QED) is 0.784. The van der Waals surface area contributed by atoms with E-state index in [1.807, 2.05) is 44.2 Å². The SMILES string of the molecule is Cc1ccccc1C(C(=O)N1CCC(CCn2ccnc2C)CC1)N(C)C. The Balaban J connectivity index is 1.58. The van der Waals surface area contributed by atoms with E-state index in [1.54, 1.807) is 0 Å². The van der Waals surface area contributed by atoms with E-state index < -0.39 is 0 Å². The van der Waals surface area contributed by atoms with Crippen molar-refractivity contribution in [1.29, 1.82) is 0 Å². The number of hydrogen-bond acceptors (Lipinski definition) is 3. The third-order valence-corrected chi connectivity index (χ3v) is 5.86. The fourth-order valence-electron chi connectivity index (χ4n) is 4.10. The molecule has 146 valence electrons. The van der Waals surface area contributed by atoms with Crippen LogP contribution in [0.1, 0.15) is 42.3 Å². The number of likely N-dealkylation sites (N-methyl/N-ethyl adjacent to an activating group) is 1. The lowest BCUT2D eigenvalue weighted by molar-refractivity contribution is -0.137. The first-order valence-electron chi connectivity index (χ1n) is 9.96. The zero-order chi connectivity index (χ0) is 19.4. The van der Waals surface area contributed by atoms with Crippen LogP contribution in [0.5, 0.6) is 0 Å². The first-order valence-corrected chi connectivity index (χ1v) is 9.96. The molecule has 0 aliphatic carbocycles. The molecule has 1 fully saturated rings. The van der Waals surface area contributed by atoms with Crippen LogP contribution in [0.4, 0.5) is 0 Å². The second kappa shape index (κ2) is 8.70. The molecule has 0 bridgehead atoms. The van der Waals surface area contributed by atoms with Crippen LogP contribution in [-0.2, 0) is 11.3 Å². The number of aromatic nitrogens is 2. The summed E-state index contributed by atoms with van der Waals surface area (Å²) in [5.74, 6) is 2.00. The maximum atomic E-state index is 13.3. The molecule has 0 saturated carbocycles. The highest BCUT2D eigenvalue weighted by Crippen LogP contribution is 2.28. The Kier molecular flexibility index (Phi) is 6.32. The summed E-state index contributed by atoms with van der Waals surface area (Å²) < 4.78 is 2.22.